The van der Waals surface area contributed by atoms with E-state index in [1.807, 2.05) is 12.1 Å². The van der Waals surface area contributed by atoms with Crippen molar-refractivity contribution >= 4 is 44.4 Å². The lowest BCUT2D eigenvalue weighted by Gasteiger charge is -2.26. The summed E-state index contributed by atoms with van der Waals surface area (Å²) in [5, 5.41) is 13.1. The van der Waals surface area contributed by atoms with E-state index in [0.717, 1.165) is 5.69 Å². The van der Waals surface area contributed by atoms with Crippen LogP contribution in [0.2, 0.25) is 5.02 Å². The van der Waals surface area contributed by atoms with Gasteiger partial charge in [0.1, 0.15) is 12.1 Å². The Morgan fingerprint density at radius 3 is 2.45 bits per heavy atom. The van der Waals surface area contributed by atoms with Gasteiger partial charge in [0.25, 0.3) is 5.91 Å². The highest BCUT2D eigenvalue weighted by Crippen LogP contribution is 2.25. The number of benzene rings is 2. The molecule has 1 saturated heterocycles. The number of hydrogen-bond acceptors (Lipinski definition) is 8. The van der Waals surface area contributed by atoms with Crippen molar-refractivity contribution in [3.63, 3.8) is 0 Å². The van der Waals surface area contributed by atoms with Crippen molar-refractivity contribution in [2.75, 3.05) is 31.6 Å². The lowest BCUT2D eigenvalue weighted by Crippen LogP contribution is -2.40. The maximum atomic E-state index is 13.2. The fraction of sp³-hybridized carbons (Fsp3) is 0.192. The third-order valence-electron chi connectivity index (χ3n) is 6.41. The van der Waals surface area contributed by atoms with Crippen LogP contribution in [-0.2, 0) is 14.8 Å². The molecular formula is C26H23ClN8O4S. The standard InChI is InChI=1S/C26H23ClN8O4S/c1-17-14-23(31-26(36)18-2-8-21(9-3-18)40(37,38)33-10-12-39-13-11-33)35(32-17)25-22-15-30-34(24(22)28-16-29-25)20-6-4-19(27)5-7-20/h2-9,14-16H,10-13H2,1H3,(H,31,36). The molecule has 0 saturated carbocycles. The maximum absolute atomic E-state index is 13.2. The van der Waals surface area contributed by atoms with Gasteiger partial charge in [0, 0.05) is 29.7 Å². The number of morpholine rings is 1. The smallest absolute Gasteiger partial charge is 0.256 e. The monoisotopic (exact) mass is 578 g/mol. The summed E-state index contributed by atoms with van der Waals surface area (Å²) in [5.41, 5.74) is 2.26. The molecule has 6 rings (SSSR count). The van der Waals surface area contributed by atoms with Gasteiger partial charge in [-0.2, -0.15) is 19.2 Å². The normalized spacial score (nSPS) is 14.4. The minimum absolute atomic E-state index is 0.118. The number of halogens is 1. The summed E-state index contributed by atoms with van der Waals surface area (Å²) in [6.07, 6.45) is 3.04. The highest BCUT2D eigenvalue weighted by molar-refractivity contribution is 7.89. The van der Waals surface area contributed by atoms with E-state index < -0.39 is 15.9 Å². The first-order chi connectivity index (χ1) is 19.3. The van der Waals surface area contributed by atoms with Crippen molar-refractivity contribution in [1.82, 2.24) is 33.8 Å². The Bertz CT molecular complexity index is 1810. The molecule has 1 N–H and O–H groups in total. The SMILES string of the molecule is Cc1cc(NC(=O)c2ccc(S(=O)(=O)N3CCOCC3)cc2)n(-c2ncnc3c2cnn3-c2ccc(Cl)cc2)n1. The minimum atomic E-state index is -3.67. The lowest BCUT2D eigenvalue weighted by molar-refractivity contribution is 0.0730. The topological polar surface area (TPSA) is 137 Å². The van der Waals surface area contributed by atoms with Gasteiger partial charge in [-0.1, -0.05) is 11.6 Å². The third kappa shape index (κ3) is 4.84. The molecule has 1 aliphatic rings. The number of ether oxygens (including phenoxy) is 1. The molecule has 5 aromatic rings. The van der Waals surface area contributed by atoms with E-state index in [-0.39, 0.29) is 10.5 Å². The number of sulfonamides is 1. The first-order valence-electron chi connectivity index (χ1n) is 12.3. The molecule has 2 aromatic carbocycles. The van der Waals surface area contributed by atoms with Crippen LogP contribution in [0, 0.1) is 6.92 Å². The molecule has 14 heteroatoms. The van der Waals surface area contributed by atoms with Gasteiger partial charge in [0.05, 0.1) is 41.1 Å². The van der Waals surface area contributed by atoms with Gasteiger partial charge in [0.2, 0.25) is 10.0 Å². The maximum Gasteiger partial charge on any atom is 0.256 e. The molecule has 0 unspecified atom stereocenters. The van der Waals surface area contributed by atoms with Crippen LogP contribution in [0.1, 0.15) is 16.1 Å². The van der Waals surface area contributed by atoms with Gasteiger partial charge < -0.3 is 10.1 Å². The molecular weight excluding hydrogens is 556 g/mol. The van der Waals surface area contributed by atoms with Crippen LogP contribution in [0.5, 0.6) is 0 Å². The summed E-state index contributed by atoms with van der Waals surface area (Å²) in [6, 6.07) is 14.7. The van der Waals surface area contributed by atoms with Crippen LogP contribution < -0.4 is 5.32 Å². The second-order valence-electron chi connectivity index (χ2n) is 9.05. The van der Waals surface area contributed by atoms with Crippen molar-refractivity contribution in [3.05, 3.63) is 83.4 Å². The van der Waals surface area contributed by atoms with E-state index in [1.165, 1.54) is 39.6 Å². The van der Waals surface area contributed by atoms with E-state index in [9.17, 15) is 13.2 Å². The highest BCUT2D eigenvalue weighted by Gasteiger charge is 2.26. The number of aryl methyl sites for hydroxylation is 1. The van der Waals surface area contributed by atoms with Crippen molar-refractivity contribution in [3.8, 4) is 11.5 Å². The van der Waals surface area contributed by atoms with E-state index in [0.29, 0.717) is 59.7 Å². The number of nitrogens with zero attached hydrogens (tertiary/aromatic N) is 7. The number of amides is 1. The number of nitrogens with one attached hydrogen (secondary N) is 1. The van der Waals surface area contributed by atoms with Crippen LogP contribution in [0.4, 0.5) is 5.82 Å². The van der Waals surface area contributed by atoms with E-state index in [4.69, 9.17) is 16.3 Å². The van der Waals surface area contributed by atoms with Crippen LogP contribution in [0.3, 0.4) is 0 Å². The average Bonchev–Trinajstić information content (AvgIpc) is 3.57. The molecule has 0 atom stereocenters. The summed E-state index contributed by atoms with van der Waals surface area (Å²) >= 11 is 6.03. The first kappa shape index (κ1) is 26.1. The molecule has 1 fully saturated rings. The molecule has 40 heavy (non-hydrogen) atoms. The van der Waals surface area contributed by atoms with Crippen molar-refractivity contribution < 1.29 is 17.9 Å². The van der Waals surface area contributed by atoms with Crippen molar-refractivity contribution in [2.24, 2.45) is 0 Å². The zero-order valence-electron chi connectivity index (χ0n) is 21.2. The van der Waals surface area contributed by atoms with Crippen LogP contribution in [0.15, 0.2) is 72.0 Å². The number of fused-ring (bicyclic) bond motifs is 1. The molecule has 0 spiro atoms. The predicted octanol–water partition coefficient (Wildman–Crippen LogP) is 3.24. The summed E-state index contributed by atoms with van der Waals surface area (Å²) in [5.74, 6) is 0.381. The van der Waals surface area contributed by atoms with Crippen molar-refractivity contribution in [2.45, 2.75) is 11.8 Å². The largest absolute Gasteiger partial charge is 0.379 e. The number of anilines is 1. The average molecular weight is 579 g/mol. The first-order valence-corrected chi connectivity index (χ1v) is 14.1. The summed E-state index contributed by atoms with van der Waals surface area (Å²) in [4.78, 5) is 22.1. The number of carbonyl (C=O) groups excluding carboxylic acids is 1. The lowest BCUT2D eigenvalue weighted by atomic mass is 10.2. The zero-order chi connectivity index (χ0) is 27.9. The van der Waals surface area contributed by atoms with Gasteiger partial charge in [-0.15, -0.1) is 0 Å². The Labute approximate surface area is 234 Å². The quantitative estimate of drug-likeness (QED) is 0.324. The number of hydrogen-bond donors (Lipinski definition) is 1. The molecule has 3 aromatic heterocycles. The Kier molecular flexibility index (Phi) is 6.80. The van der Waals surface area contributed by atoms with Gasteiger partial charge >= 0.3 is 0 Å². The van der Waals surface area contributed by atoms with Crippen LogP contribution in [0.25, 0.3) is 22.5 Å². The Morgan fingerprint density at radius 1 is 1.00 bits per heavy atom. The Hall–Kier alpha value is -4.17. The summed E-state index contributed by atoms with van der Waals surface area (Å²) in [7, 11) is -3.67. The molecule has 12 nitrogen and oxygen atoms in total. The summed E-state index contributed by atoms with van der Waals surface area (Å²) in [6.45, 7) is 3.10. The van der Waals surface area contributed by atoms with E-state index in [1.54, 1.807) is 36.0 Å². The zero-order valence-corrected chi connectivity index (χ0v) is 22.8. The molecule has 0 bridgehead atoms. The fourth-order valence-corrected chi connectivity index (χ4v) is 5.96. The van der Waals surface area contributed by atoms with Gasteiger partial charge in [0.15, 0.2) is 11.5 Å². The number of aromatic nitrogens is 6. The van der Waals surface area contributed by atoms with Gasteiger partial charge in [-0.05, 0) is 55.5 Å². The molecule has 4 heterocycles. The predicted molar refractivity (Wildman–Crippen MR) is 148 cm³/mol. The van der Waals surface area contributed by atoms with E-state index >= 15 is 0 Å². The third-order valence-corrected chi connectivity index (χ3v) is 8.58. The molecule has 1 amide bonds. The Balaban J connectivity index is 1.28. The molecule has 1 aliphatic heterocycles. The second-order valence-corrected chi connectivity index (χ2v) is 11.4. The van der Waals surface area contributed by atoms with Gasteiger partial charge in [-0.25, -0.2) is 23.1 Å². The fourth-order valence-electron chi connectivity index (χ4n) is 4.42. The Morgan fingerprint density at radius 2 is 1.73 bits per heavy atom. The van der Waals surface area contributed by atoms with Crippen LogP contribution >= 0.6 is 11.6 Å². The van der Waals surface area contributed by atoms with Gasteiger partial charge in [-0.3, -0.25) is 4.79 Å². The van der Waals surface area contributed by atoms with Crippen molar-refractivity contribution in [1.29, 1.82) is 0 Å². The molecule has 204 valence electrons. The van der Waals surface area contributed by atoms with Crippen LogP contribution in [-0.4, -0.2) is 74.5 Å². The molecule has 0 aliphatic carbocycles. The molecule has 0 radical (unpaired) electrons. The second kappa shape index (κ2) is 10.4. The number of rotatable bonds is 6. The van der Waals surface area contributed by atoms with E-state index in [2.05, 4.69) is 25.5 Å². The minimum Gasteiger partial charge on any atom is -0.379 e. The number of carbonyl (C=O) groups is 1. The summed E-state index contributed by atoms with van der Waals surface area (Å²) < 4.78 is 35.6. The highest BCUT2D eigenvalue weighted by atomic mass is 35.5.